The van der Waals surface area contributed by atoms with Crippen LogP contribution in [0.2, 0.25) is 0 Å². The van der Waals surface area contributed by atoms with Gasteiger partial charge in [0, 0.05) is 12.6 Å². The van der Waals surface area contributed by atoms with Crippen LogP contribution in [0.3, 0.4) is 0 Å². The summed E-state index contributed by atoms with van der Waals surface area (Å²) in [4.78, 5) is 13.0. The van der Waals surface area contributed by atoms with E-state index >= 15 is 0 Å². The van der Waals surface area contributed by atoms with Gasteiger partial charge in [-0.15, -0.1) is 0 Å². The van der Waals surface area contributed by atoms with E-state index in [1.807, 2.05) is 32.8 Å². The van der Waals surface area contributed by atoms with Gasteiger partial charge in [-0.25, -0.2) is 17.9 Å². The highest BCUT2D eigenvalue weighted by Gasteiger charge is 2.20. The van der Waals surface area contributed by atoms with Gasteiger partial charge >= 0.3 is 5.97 Å². The van der Waals surface area contributed by atoms with Crippen molar-refractivity contribution in [2.75, 3.05) is 20.6 Å². The van der Waals surface area contributed by atoms with Crippen molar-refractivity contribution < 1.29 is 18.3 Å². The fourth-order valence-electron chi connectivity index (χ4n) is 1.72. The maximum absolute atomic E-state index is 12.4. The Hall–Kier alpha value is -1.44. The molecule has 1 unspecified atom stereocenters. The average molecular weight is 314 g/mol. The Morgan fingerprint density at radius 2 is 2.00 bits per heavy atom. The lowest BCUT2D eigenvalue weighted by atomic mass is 10.1. The minimum absolute atomic E-state index is 0.0340. The van der Waals surface area contributed by atoms with E-state index in [0.717, 1.165) is 0 Å². The number of aromatic carboxylic acids is 1. The number of aryl methyl sites for hydroxylation is 1. The highest BCUT2D eigenvalue weighted by atomic mass is 32.2. The molecule has 0 saturated heterocycles. The summed E-state index contributed by atoms with van der Waals surface area (Å²) in [5, 5.41) is 9.01. The van der Waals surface area contributed by atoms with E-state index in [1.54, 1.807) is 6.07 Å². The van der Waals surface area contributed by atoms with Crippen molar-refractivity contribution in [3.8, 4) is 0 Å². The molecular formula is C14H22N2O4S. The van der Waals surface area contributed by atoms with E-state index in [0.29, 0.717) is 12.0 Å². The zero-order valence-electron chi connectivity index (χ0n) is 12.8. The smallest absolute Gasteiger partial charge is 0.335 e. The molecule has 0 bridgehead atoms. The number of carboxylic acids is 1. The number of benzene rings is 1. The number of nitrogens with one attached hydrogen (secondary N) is 1. The number of carbonyl (C=O) groups is 1. The molecule has 0 aromatic heterocycles. The second-order valence-corrected chi connectivity index (χ2v) is 6.88. The highest BCUT2D eigenvalue weighted by molar-refractivity contribution is 7.89. The zero-order valence-corrected chi connectivity index (χ0v) is 13.6. The SMILES string of the molecule is CCc1ccc(C(=O)O)cc1S(=O)(=O)NCC(C)N(C)C. The van der Waals surface area contributed by atoms with E-state index < -0.39 is 16.0 Å². The molecule has 0 fully saturated rings. The largest absolute Gasteiger partial charge is 0.478 e. The number of hydrogen-bond donors (Lipinski definition) is 2. The van der Waals surface area contributed by atoms with Gasteiger partial charge in [0.2, 0.25) is 10.0 Å². The first-order chi connectivity index (χ1) is 9.69. The molecule has 0 aliphatic carbocycles. The predicted molar refractivity (Wildman–Crippen MR) is 81.1 cm³/mol. The lowest BCUT2D eigenvalue weighted by molar-refractivity contribution is 0.0696. The van der Waals surface area contributed by atoms with Crippen LogP contribution in [0.25, 0.3) is 0 Å². The molecule has 0 amide bonds. The molecule has 1 aromatic rings. The number of carboxylic acid groups (broad SMARTS) is 1. The van der Waals surface area contributed by atoms with Gasteiger partial charge in [-0.1, -0.05) is 13.0 Å². The van der Waals surface area contributed by atoms with Crippen LogP contribution in [0.5, 0.6) is 0 Å². The fraction of sp³-hybridized carbons (Fsp3) is 0.500. The third kappa shape index (κ3) is 4.52. The normalized spacial score (nSPS) is 13.4. The van der Waals surface area contributed by atoms with Crippen LogP contribution in [0.1, 0.15) is 29.8 Å². The molecule has 0 radical (unpaired) electrons. The van der Waals surface area contributed by atoms with E-state index in [2.05, 4.69) is 4.72 Å². The molecule has 118 valence electrons. The number of rotatable bonds is 7. The van der Waals surface area contributed by atoms with Gasteiger partial charge in [0.05, 0.1) is 10.5 Å². The van der Waals surface area contributed by atoms with Crippen molar-refractivity contribution in [2.24, 2.45) is 0 Å². The maximum Gasteiger partial charge on any atom is 0.335 e. The Labute approximate surface area is 125 Å². The standard InChI is InChI=1S/C14H22N2O4S/c1-5-11-6-7-12(14(17)18)8-13(11)21(19,20)15-9-10(2)16(3)4/h6-8,10,15H,5,9H2,1-4H3,(H,17,18). The second kappa shape index (κ2) is 7.02. The molecule has 2 N–H and O–H groups in total. The fourth-order valence-corrected chi connectivity index (χ4v) is 3.18. The quantitative estimate of drug-likeness (QED) is 0.789. The number of nitrogens with zero attached hydrogens (tertiary/aromatic N) is 1. The predicted octanol–water partition coefficient (Wildman–Crippen LogP) is 1.18. The molecule has 0 saturated carbocycles. The van der Waals surface area contributed by atoms with E-state index in [-0.39, 0.29) is 23.0 Å². The zero-order chi connectivity index (χ0) is 16.2. The summed E-state index contributed by atoms with van der Waals surface area (Å²) in [5.41, 5.74) is 0.568. The summed E-state index contributed by atoms with van der Waals surface area (Å²) in [5.74, 6) is -1.14. The molecule has 1 aromatic carbocycles. The number of hydrogen-bond acceptors (Lipinski definition) is 4. The van der Waals surface area contributed by atoms with E-state index in [4.69, 9.17) is 5.11 Å². The van der Waals surface area contributed by atoms with Crippen molar-refractivity contribution in [3.63, 3.8) is 0 Å². The second-order valence-electron chi connectivity index (χ2n) is 5.15. The lowest BCUT2D eigenvalue weighted by Crippen LogP contribution is -2.38. The Kier molecular flexibility index (Phi) is 5.88. The summed E-state index contributed by atoms with van der Waals surface area (Å²) in [6, 6.07) is 4.22. The minimum Gasteiger partial charge on any atom is -0.478 e. The van der Waals surface area contributed by atoms with Gasteiger partial charge in [0.1, 0.15) is 0 Å². The Balaban J connectivity index is 3.11. The first-order valence-electron chi connectivity index (χ1n) is 6.71. The van der Waals surface area contributed by atoms with Crippen LogP contribution in [0.4, 0.5) is 0 Å². The summed E-state index contributed by atoms with van der Waals surface area (Å²) in [7, 11) is -0.00246. The van der Waals surface area contributed by atoms with Gasteiger partial charge in [0.15, 0.2) is 0 Å². The molecule has 0 spiro atoms. The average Bonchev–Trinajstić information content (AvgIpc) is 2.43. The van der Waals surface area contributed by atoms with Crippen LogP contribution in [0.15, 0.2) is 23.1 Å². The summed E-state index contributed by atoms with van der Waals surface area (Å²) >= 11 is 0. The monoisotopic (exact) mass is 314 g/mol. The Bertz CT molecular complexity index is 611. The van der Waals surface area contributed by atoms with Crippen LogP contribution in [-0.4, -0.2) is 51.1 Å². The van der Waals surface area contributed by atoms with Crippen molar-refractivity contribution in [3.05, 3.63) is 29.3 Å². The van der Waals surface area contributed by atoms with Gasteiger partial charge < -0.3 is 10.0 Å². The highest BCUT2D eigenvalue weighted by Crippen LogP contribution is 2.18. The molecule has 0 aliphatic rings. The van der Waals surface area contributed by atoms with Gasteiger partial charge in [-0.3, -0.25) is 0 Å². The summed E-state index contributed by atoms with van der Waals surface area (Å²) < 4.78 is 27.3. The summed E-state index contributed by atoms with van der Waals surface area (Å²) in [6.45, 7) is 3.99. The van der Waals surface area contributed by atoms with Gasteiger partial charge in [-0.05, 0) is 45.1 Å². The van der Waals surface area contributed by atoms with Crippen molar-refractivity contribution >= 4 is 16.0 Å². The minimum atomic E-state index is -3.73. The van der Waals surface area contributed by atoms with Crippen LogP contribution >= 0.6 is 0 Å². The topological polar surface area (TPSA) is 86.7 Å². The molecule has 21 heavy (non-hydrogen) atoms. The molecular weight excluding hydrogens is 292 g/mol. The number of likely N-dealkylation sites (N-methyl/N-ethyl adjacent to an activating group) is 1. The van der Waals surface area contributed by atoms with Gasteiger partial charge in [0.25, 0.3) is 0 Å². The summed E-state index contributed by atoms with van der Waals surface area (Å²) in [6.07, 6.45) is 0.513. The van der Waals surface area contributed by atoms with Crippen molar-refractivity contribution in [1.29, 1.82) is 0 Å². The molecule has 0 heterocycles. The number of sulfonamides is 1. The Morgan fingerprint density at radius 1 is 1.38 bits per heavy atom. The van der Waals surface area contributed by atoms with Crippen LogP contribution in [-0.2, 0) is 16.4 Å². The molecule has 1 rings (SSSR count). The van der Waals surface area contributed by atoms with E-state index in [9.17, 15) is 13.2 Å². The Morgan fingerprint density at radius 3 is 2.48 bits per heavy atom. The first kappa shape index (κ1) is 17.6. The molecule has 6 nitrogen and oxygen atoms in total. The van der Waals surface area contributed by atoms with Crippen molar-refractivity contribution in [2.45, 2.75) is 31.2 Å². The van der Waals surface area contributed by atoms with E-state index in [1.165, 1.54) is 12.1 Å². The maximum atomic E-state index is 12.4. The van der Waals surface area contributed by atoms with Gasteiger partial charge in [-0.2, -0.15) is 0 Å². The molecule has 0 aliphatic heterocycles. The third-order valence-corrected chi connectivity index (χ3v) is 4.94. The van der Waals surface area contributed by atoms with Crippen LogP contribution in [0, 0.1) is 0 Å². The van der Waals surface area contributed by atoms with Crippen LogP contribution < -0.4 is 4.72 Å². The first-order valence-corrected chi connectivity index (χ1v) is 8.19. The third-order valence-electron chi connectivity index (χ3n) is 3.43. The molecule has 1 atom stereocenters. The lowest BCUT2D eigenvalue weighted by Gasteiger charge is -2.20. The van der Waals surface area contributed by atoms with Crippen molar-refractivity contribution in [1.82, 2.24) is 9.62 Å². The molecule has 7 heteroatoms.